The summed E-state index contributed by atoms with van der Waals surface area (Å²) < 4.78 is 4.53. The molecular formula is C9H13N3O3. The van der Waals surface area contributed by atoms with Crippen LogP contribution in [-0.2, 0) is 4.79 Å². The number of rotatable bonds is 4. The average Bonchev–Trinajstić information content (AvgIpc) is 2.50. The fraction of sp³-hybridized carbons (Fsp3) is 0.444. The molecule has 0 aromatic carbocycles. The van der Waals surface area contributed by atoms with Crippen LogP contribution in [0.25, 0.3) is 0 Å². The lowest BCUT2D eigenvalue weighted by Crippen LogP contribution is -2.46. The molecule has 0 bridgehead atoms. The third kappa shape index (κ3) is 3.41. The molecule has 0 unspecified atom stereocenters. The summed E-state index contributed by atoms with van der Waals surface area (Å²) in [6, 6.07) is 1.44. The van der Waals surface area contributed by atoms with Gasteiger partial charge in [0.2, 0.25) is 5.91 Å². The molecule has 6 heteroatoms. The van der Waals surface area contributed by atoms with Gasteiger partial charge in [-0.3, -0.25) is 9.59 Å². The number of hydrogen-bond acceptors (Lipinski definition) is 4. The molecule has 15 heavy (non-hydrogen) atoms. The summed E-state index contributed by atoms with van der Waals surface area (Å²) in [5, 5.41) is 6.10. The monoisotopic (exact) mass is 211 g/mol. The zero-order chi connectivity index (χ0) is 11.5. The third-order valence-corrected chi connectivity index (χ3v) is 1.74. The standard InChI is InChI=1S/C9H13N3O3/c1-9(2,5-7(10)13)11-8(14)6-3-4-15-12-6/h3-4H,5H2,1-2H3,(H2,10,13)(H,11,14). The van der Waals surface area contributed by atoms with Gasteiger partial charge in [-0.25, -0.2) is 0 Å². The number of carbonyl (C=O) groups is 2. The largest absolute Gasteiger partial charge is 0.370 e. The Labute approximate surface area is 86.8 Å². The van der Waals surface area contributed by atoms with E-state index >= 15 is 0 Å². The summed E-state index contributed by atoms with van der Waals surface area (Å²) in [5.74, 6) is -0.865. The lowest BCUT2D eigenvalue weighted by molar-refractivity contribution is -0.119. The maximum Gasteiger partial charge on any atom is 0.273 e. The van der Waals surface area contributed by atoms with Crippen LogP contribution in [0.15, 0.2) is 16.9 Å². The Hall–Kier alpha value is -1.85. The van der Waals surface area contributed by atoms with Crippen LogP contribution in [0, 0.1) is 0 Å². The molecule has 1 rings (SSSR count). The number of hydrogen-bond donors (Lipinski definition) is 2. The molecule has 0 fully saturated rings. The Balaban J connectivity index is 2.61. The number of carbonyl (C=O) groups excluding carboxylic acids is 2. The molecule has 0 saturated heterocycles. The van der Waals surface area contributed by atoms with Crippen LogP contribution in [0.2, 0.25) is 0 Å². The number of amides is 2. The van der Waals surface area contributed by atoms with E-state index in [2.05, 4.69) is 15.0 Å². The third-order valence-electron chi connectivity index (χ3n) is 1.74. The van der Waals surface area contributed by atoms with E-state index in [4.69, 9.17) is 5.73 Å². The first-order valence-electron chi connectivity index (χ1n) is 4.42. The van der Waals surface area contributed by atoms with E-state index in [1.54, 1.807) is 13.8 Å². The topological polar surface area (TPSA) is 98.2 Å². The summed E-state index contributed by atoms with van der Waals surface area (Å²) in [4.78, 5) is 22.2. The van der Waals surface area contributed by atoms with Gasteiger partial charge in [0, 0.05) is 18.0 Å². The highest BCUT2D eigenvalue weighted by Crippen LogP contribution is 2.08. The van der Waals surface area contributed by atoms with Crippen LogP contribution in [0.4, 0.5) is 0 Å². The van der Waals surface area contributed by atoms with Crippen molar-refractivity contribution in [2.24, 2.45) is 5.73 Å². The molecule has 82 valence electrons. The van der Waals surface area contributed by atoms with Crippen molar-refractivity contribution < 1.29 is 14.1 Å². The first-order valence-corrected chi connectivity index (χ1v) is 4.42. The molecule has 0 spiro atoms. The van der Waals surface area contributed by atoms with E-state index < -0.39 is 17.4 Å². The van der Waals surface area contributed by atoms with E-state index in [1.807, 2.05) is 0 Å². The van der Waals surface area contributed by atoms with Crippen LogP contribution in [-0.4, -0.2) is 22.5 Å². The number of aromatic nitrogens is 1. The van der Waals surface area contributed by atoms with Gasteiger partial charge in [0.05, 0.1) is 0 Å². The van der Waals surface area contributed by atoms with Crippen LogP contribution in [0.3, 0.4) is 0 Å². The molecular weight excluding hydrogens is 198 g/mol. The first-order chi connectivity index (χ1) is 6.91. The second kappa shape index (κ2) is 4.12. The Morgan fingerprint density at radius 2 is 2.27 bits per heavy atom. The molecule has 0 saturated carbocycles. The fourth-order valence-electron chi connectivity index (χ4n) is 1.18. The van der Waals surface area contributed by atoms with E-state index in [0.717, 1.165) is 0 Å². The highest BCUT2D eigenvalue weighted by atomic mass is 16.5. The van der Waals surface area contributed by atoms with Crippen molar-refractivity contribution in [3.05, 3.63) is 18.0 Å². The SMILES string of the molecule is CC(C)(CC(N)=O)NC(=O)c1ccon1. The smallest absolute Gasteiger partial charge is 0.273 e. The first kappa shape index (κ1) is 11.2. The number of nitrogens with one attached hydrogen (secondary N) is 1. The van der Waals surface area contributed by atoms with Gasteiger partial charge in [-0.05, 0) is 13.8 Å². The molecule has 1 heterocycles. The molecule has 1 aromatic heterocycles. The average molecular weight is 211 g/mol. The molecule has 0 aliphatic carbocycles. The molecule has 0 aliphatic rings. The van der Waals surface area contributed by atoms with Crippen molar-refractivity contribution in [1.29, 1.82) is 0 Å². The maximum absolute atomic E-state index is 11.5. The van der Waals surface area contributed by atoms with Crippen molar-refractivity contribution in [3.63, 3.8) is 0 Å². The summed E-state index contributed by atoms with van der Waals surface area (Å²) in [6.07, 6.45) is 1.37. The number of nitrogens with zero attached hydrogens (tertiary/aromatic N) is 1. The van der Waals surface area contributed by atoms with E-state index in [1.165, 1.54) is 12.3 Å². The lowest BCUT2D eigenvalue weighted by Gasteiger charge is -2.23. The minimum atomic E-state index is -0.693. The Kier molecular flexibility index (Phi) is 3.08. The molecule has 3 N–H and O–H groups in total. The maximum atomic E-state index is 11.5. The van der Waals surface area contributed by atoms with Crippen LogP contribution < -0.4 is 11.1 Å². The molecule has 0 atom stereocenters. The van der Waals surface area contributed by atoms with Gasteiger partial charge in [0.1, 0.15) is 6.26 Å². The van der Waals surface area contributed by atoms with Crippen molar-refractivity contribution in [2.75, 3.05) is 0 Å². The van der Waals surface area contributed by atoms with Crippen LogP contribution in [0.5, 0.6) is 0 Å². The lowest BCUT2D eigenvalue weighted by atomic mass is 10.0. The molecule has 1 aromatic rings. The second-order valence-electron chi connectivity index (χ2n) is 3.87. The van der Waals surface area contributed by atoms with Crippen molar-refractivity contribution in [2.45, 2.75) is 25.8 Å². The quantitative estimate of drug-likeness (QED) is 0.735. The minimum absolute atomic E-state index is 0.0661. The summed E-state index contributed by atoms with van der Waals surface area (Å²) in [6.45, 7) is 3.41. The number of nitrogens with two attached hydrogens (primary N) is 1. The van der Waals surface area contributed by atoms with E-state index in [-0.39, 0.29) is 12.1 Å². The van der Waals surface area contributed by atoms with Crippen molar-refractivity contribution in [3.8, 4) is 0 Å². The fourth-order valence-corrected chi connectivity index (χ4v) is 1.18. The van der Waals surface area contributed by atoms with Crippen LogP contribution >= 0.6 is 0 Å². The van der Waals surface area contributed by atoms with Crippen LogP contribution in [0.1, 0.15) is 30.8 Å². The van der Waals surface area contributed by atoms with Crippen molar-refractivity contribution >= 4 is 11.8 Å². The summed E-state index contributed by atoms with van der Waals surface area (Å²) in [7, 11) is 0. The minimum Gasteiger partial charge on any atom is -0.370 e. The van der Waals surface area contributed by atoms with E-state index in [0.29, 0.717) is 0 Å². The highest BCUT2D eigenvalue weighted by Gasteiger charge is 2.24. The van der Waals surface area contributed by atoms with Gasteiger partial charge in [0.15, 0.2) is 5.69 Å². The second-order valence-corrected chi connectivity index (χ2v) is 3.87. The highest BCUT2D eigenvalue weighted by molar-refractivity contribution is 5.92. The molecule has 2 amide bonds. The van der Waals surface area contributed by atoms with Crippen molar-refractivity contribution in [1.82, 2.24) is 10.5 Å². The number of primary amides is 1. The van der Waals surface area contributed by atoms with Gasteiger partial charge >= 0.3 is 0 Å². The predicted octanol–water partition coefficient (Wildman–Crippen LogP) is 0.0584. The summed E-state index contributed by atoms with van der Waals surface area (Å²) in [5.41, 5.74) is 4.53. The van der Waals surface area contributed by atoms with Gasteiger partial charge in [-0.2, -0.15) is 0 Å². The zero-order valence-corrected chi connectivity index (χ0v) is 8.61. The zero-order valence-electron chi connectivity index (χ0n) is 8.61. The summed E-state index contributed by atoms with van der Waals surface area (Å²) >= 11 is 0. The van der Waals surface area contributed by atoms with E-state index in [9.17, 15) is 9.59 Å². The van der Waals surface area contributed by atoms with Gasteiger partial charge in [0.25, 0.3) is 5.91 Å². The predicted molar refractivity (Wildman–Crippen MR) is 51.9 cm³/mol. The molecule has 0 aliphatic heterocycles. The van der Waals surface area contributed by atoms with Gasteiger partial charge < -0.3 is 15.6 Å². The Morgan fingerprint density at radius 1 is 1.60 bits per heavy atom. The molecule has 0 radical (unpaired) electrons. The Bertz CT molecular complexity index is 357. The molecule has 6 nitrogen and oxygen atoms in total. The Morgan fingerprint density at radius 3 is 2.73 bits per heavy atom. The normalized spacial score (nSPS) is 11.1. The van der Waals surface area contributed by atoms with Gasteiger partial charge in [-0.15, -0.1) is 0 Å². The van der Waals surface area contributed by atoms with Gasteiger partial charge in [-0.1, -0.05) is 5.16 Å².